The molecule has 5 heteroatoms. The molecule has 2 aromatic heterocycles. The minimum Gasteiger partial charge on any atom is -0.352 e. The smallest absolute Gasteiger partial charge is 0.156 e. The van der Waals surface area contributed by atoms with Crippen molar-refractivity contribution < 1.29 is 0 Å². The van der Waals surface area contributed by atoms with Gasteiger partial charge in [0.15, 0.2) is 5.82 Å². The molecule has 0 radical (unpaired) electrons. The van der Waals surface area contributed by atoms with E-state index in [9.17, 15) is 0 Å². The third kappa shape index (κ3) is 2.94. The van der Waals surface area contributed by atoms with E-state index in [1.807, 2.05) is 0 Å². The number of H-pyrrole nitrogens is 1. The number of piperazine rings is 1. The van der Waals surface area contributed by atoms with Crippen LogP contribution < -0.4 is 4.90 Å². The van der Waals surface area contributed by atoms with Crippen LogP contribution in [0, 0.1) is 6.92 Å². The maximum Gasteiger partial charge on any atom is 0.156 e. The summed E-state index contributed by atoms with van der Waals surface area (Å²) < 4.78 is 0. The van der Waals surface area contributed by atoms with E-state index in [0.29, 0.717) is 0 Å². The molecule has 1 saturated heterocycles. The topological polar surface area (TPSA) is 48.1 Å². The molecule has 0 saturated carbocycles. The van der Waals surface area contributed by atoms with Crippen LogP contribution in [0.1, 0.15) is 11.1 Å². The average molecular weight is 357 g/mol. The Kier molecular flexibility index (Phi) is 4.02. The Labute approximate surface area is 158 Å². The molecule has 1 fully saturated rings. The zero-order valence-electron chi connectivity index (χ0n) is 15.5. The van der Waals surface area contributed by atoms with Crippen molar-refractivity contribution in [3.05, 3.63) is 66.0 Å². The van der Waals surface area contributed by atoms with Crippen LogP contribution in [0.5, 0.6) is 0 Å². The largest absolute Gasteiger partial charge is 0.352 e. The molecule has 0 bridgehead atoms. The minimum absolute atomic E-state index is 0.979. The van der Waals surface area contributed by atoms with E-state index in [0.717, 1.165) is 55.1 Å². The second-order valence-corrected chi connectivity index (χ2v) is 7.29. The van der Waals surface area contributed by atoms with Gasteiger partial charge >= 0.3 is 0 Å². The third-order valence-corrected chi connectivity index (χ3v) is 5.52. The molecule has 0 aliphatic carbocycles. The van der Waals surface area contributed by atoms with Gasteiger partial charge in [-0.15, -0.1) is 0 Å². The van der Waals surface area contributed by atoms with Crippen molar-refractivity contribution in [3.63, 3.8) is 0 Å². The lowest BCUT2D eigenvalue weighted by Gasteiger charge is -2.35. The fourth-order valence-corrected chi connectivity index (χ4v) is 4.10. The SMILES string of the molecule is Cc1cccc2[nH]c3c(N4CCN(Cc5ccccc5)CC4)ncnc3c12. The molecule has 0 unspecified atom stereocenters. The van der Waals surface area contributed by atoms with Crippen LogP contribution in [0.3, 0.4) is 0 Å². The van der Waals surface area contributed by atoms with Crippen molar-refractivity contribution in [1.82, 2.24) is 19.9 Å². The highest BCUT2D eigenvalue weighted by molar-refractivity contribution is 6.09. The Bertz CT molecular complexity index is 1080. The average Bonchev–Trinajstić information content (AvgIpc) is 3.09. The van der Waals surface area contributed by atoms with E-state index in [4.69, 9.17) is 0 Å². The Morgan fingerprint density at radius 3 is 2.56 bits per heavy atom. The van der Waals surface area contributed by atoms with Gasteiger partial charge in [0.25, 0.3) is 0 Å². The molecule has 0 amide bonds. The monoisotopic (exact) mass is 357 g/mol. The first-order valence-corrected chi connectivity index (χ1v) is 9.53. The van der Waals surface area contributed by atoms with Gasteiger partial charge in [0.2, 0.25) is 0 Å². The van der Waals surface area contributed by atoms with Crippen molar-refractivity contribution in [3.8, 4) is 0 Å². The lowest BCUT2D eigenvalue weighted by molar-refractivity contribution is 0.249. The molecular weight excluding hydrogens is 334 g/mol. The first kappa shape index (κ1) is 16.3. The number of aromatic nitrogens is 3. The van der Waals surface area contributed by atoms with Crippen molar-refractivity contribution >= 4 is 27.8 Å². The van der Waals surface area contributed by atoms with Gasteiger partial charge in [-0.1, -0.05) is 42.5 Å². The molecule has 4 aromatic rings. The Balaban J connectivity index is 1.40. The molecular formula is C22H23N5. The summed E-state index contributed by atoms with van der Waals surface area (Å²) in [6.45, 7) is 7.19. The lowest BCUT2D eigenvalue weighted by atomic mass is 10.1. The quantitative estimate of drug-likeness (QED) is 0.607. The Morgan fingerprint density at radius 1 is 0.926 bits per heavy atom. The number of hydrogen-bond donors (Lipinski definition) is 1. The van der Waals surface area contributed by atoms with Gasteiger partial charge in [0.1, 0.15) is 17.4 Å². The highest BCUT2D eigenvalue weighted by atomic mass is 15.3. The second kappa shape index (κ2) is 6.67. The summed E-state index contributed by atoms with van der Waals surface area (Å²) in [4.78, 5) is 17.7. The van der Waals surface area contributed by atoms with E-state index >= 15 is 0 Å². The number of benzene rings is 2. The van der Waals surface area contributed by atoms with Crippen molar-refractivity contribution in [2.24, 2.45) is 0 Å². The second-order valence-electron chi connectivity index (χ2n) is 7.29. The van der Waals surface area contributed by atoms with Gasteiger partial charge < -0.3 is 9.88 Å². The molecule has 27 heavy (non-hydrogen) atoms. The molecule has 136 valence electrons. The zero-order valence-corrected chi connectivity index (χ0v) is 15.5. The molecule has 1 aliphatic heterocycles. The van der Waals surface area contributed by atoms with Crippen molar-refractivity contribution in [2.45, 2.75) is 13.5 Å². The number of hydrogen-bond acceptors (Lipinski definition) is 4. The zero-order chi connectivity index (χ0) is 18.2. The van der Waals surface area contributed by atoms with Gasteiger partial charge in [-0.3, -0.25) is 4.90 Å². The minimum atomic E-state index is 0.979. The van der Waals surface area contributed by atoms with E-state index in [2.05, 4.69) is 80.2 Å². The van der Waals surface area contributed by atoms with Crippen LogP contribution in [0.2, 0.25) is 0 Å². The first-order chi connectivity index (χ1) is 13.3. The number of nitrogens with one attached hydrogen (secondary N) is 1. The predicted octanol–water partition coefficient (Wildman–Crippen LogP) is 3.74. The number of fused-ring (bicyclic) bond motifs is 3. The lowest BCUT2D eigenvalue weighted by Crippen LogP contribution is -2.46. The van der Waals surface area contributed by atoms with Crippen molar-refractivity contribution in [1.29, 1.82) is 0 Å². The summed E-state index contributed by atoms with van der Waals surface area (Å²) in [6.07, 6.45) is 1.70. The van der Waals surface area contributed by atoms with Gasteiger partial charge in [0.05, 0.1) is 0 Å². The molecule has 5 rings (SSSR count). The summed E-state index contributed by atoms with van der Waals surface area (Å²) >= 11 is 0. The van der Waals surface area contributed by atoms with Gasteiger partial charge in [-0.25, -0.2) is 9.97 Å². The van der Waals surface area contributed by atoms with Crippen LogP contribution in [-0.4, -0.2) is 46.0 Å². The molecule has 5 nitrogen and oxygen atoms in total. The number of rotatable bonds is 3. The van der Waals surface area contributed by atoms with Crippen LogP contribution in [0.15, 0.2) is 54.9 Å². The molecule has 0 spiro atoms. The normalized spacial score (nSPS) is 15.7. The van der Waals surface area contributed by atoms with Crippen LogP contribution in [0.25, 0.3) is 21.9 Å². The predicted molar refractivity (Wildman–Crippen MR) is 110 cm³/mol. The highest BCUT2D eigenvalue weighted by Crippen LogP contribution is 2.31. The molecule has 2 aromatic carbocycles. The fourth-order valence-electron chi connectivity index (χ4n) is 4.10. The van der Waals surface area contributed by atoms with Crippen molar-refractivity contribution in [2.75, 3.05) is 31.1 Å². The summed E-state index contributed by atoms with van der Waals surface area (Å²) in [5.74, 6) is 1.02. The Morgan fingerprint density at radius 2 is 1.74 bits per heavy atom. The molecule has 1 aliphatic rings. The maximum absolute atomic E-state index is 4.63. The third-order valence-electron chi connectivity index (χ3n) is 5.52. The van der Waals surface area contributed by atoms with Gasteiger partial charge in [0, 0.05) is 43.6 Å². The van der Waals surface area contributed by atoms with E-state index in [1.165, 1.54) is 16.5 Å². The van der Waals surface area contributed by atoms with E-state index in [1.54, 1.807) is 6.33 Å². The van der Waals surface area contributed by atoms with Crippen LogP contribution in [0.4, 0.5) is 5.82 Å². The van der Waals surface area contributed by atoms with Crippen LogP contribution in [-0.2, 0) is 6.54 Å². The number of anilines is 1. The fraction of sp³-hybridized carbons (Fsp3) is 0.273. The molecule has 1 N–H and O–H groups in total. The summed E-state index contributed by atoms with van der Waals surface area (Å²) in [6, 6.07) is 17.0. The van der Waals surface area contributed by atoms with Crippen LogP contribution >= 0.6 is 0 Å². The Hall–Kier alpha value is -2.92. The number of nitrogens with zero attached hydrogens (tertiary/aromatic N) is 4. The number of aryl methyl sites for hydroxylation is 1. The van der Waals surface area contributed by atoms with E-state index in [-0.39, 0.29) is 0 Å². The molecule has 0 atom stereocenters. The van der Waals surface area contributed by atoms with Gasteiger partial charge in [-0.05, 0) is 24.1 Å². The maximum atomic E-state index is 4.63. The number of aromatic amines is 1. The summed E-state index contributed by atoms with van der Waals surface area (Å²) in [7, 11) is 0. The van der Waals surface area contributed by atoms with Gasteiger partial charge in [-0.2, -0.15) is 0 Å². The molecule has 3 heterocycles. The summed E-state index contributed by atoms with van der Waals surface area (Å²) in [5, 5.41) is 1.21. The standard InChI is InChI=1S/C22H23N5/c1-16-6-5-9-18-19(16)20-21(25-18)22(24-15-23-20)27-12-10-26(11-13-27)14-17-7-3-2-4-8-17/h2-9,15,25H,10-14H2,1H3. The highest BCUT2D eigenvalue weighted by Gasteiger charge is 2.21. The first-order valence-electron chi connectivity index (χ1n) is 9.53. The van der Waals surface area contributed by atoms with E-state index < -0.39 is 0 Å². The summed E-state index contributed by atoms with van der Waals surface area (Å²) in [5.41, 5.74) is 5.84.